The van der Waals surface area contributed by atoms with Crippen LogP contribution in [0.4, 0.5) is 30.4 Å². The largest absolute Gasteiger partial charge is 0.416 e. The molecule has 2 heterocycles. The molecule has 0 bridgehead atoms. The second-order valence-electron chi connectivity index (χ2n) is 8.36. The molecule has 0 atom stereocenters. The molecule has 1 saturated heterocycles. The molecule has 0 spiro atoms. The third-order valence-corrected chi connectivity index (χ3v) is 5.80. The van der Waals surface area contributed by atoms with Gasteiger partial charge in [0.25, 0.3) is 5.91 Å². The second-order valence-corrected chi connectivity index (χ2v) is 8.36. The van der Waals surface area contributed by atoms with Crippen molar-refractivity contribution in [2.45, 2.75) is 6.18 Å². The summed E-state index contributed by atoms with van der Waals surface area (Å²) < 4.78 is 44.5. The molecular formula is C27H25F3N4O3. The van der Waals surface area contributed by atoms with Crippen LogP contribution in [0.15, 0.2) is 72.9 Å². The van der Waals surface area contributed by atoms with Crippen molar-refractivity contribution >= 4 is 35.1 Å². The van der Waals surface area contributed by atoms with Gasteiger partial charge in [-0.05, 0) is 54.1 Å². The van der Waals surface area contributed by atoms with E-state index in [9.17, 15) is 22.8 Å². The van der Waals surface area contributed by atoms with Gasteiger partial charge in [0.05, 0.1) is 30.7 Å². The van der Waals surface area contributed by atoms with Crippen molar-refractivity contribution in [2.75, 3.05) is 48.5 Å². The fraction of sp³-hybridized carbons (Fsp3) is 0.222. The molecule has 1 aromatic heterocycles. The van der Waals surface area contributed by atoms with Crippen LogP contribution in [-0.4, -0.2) is 50.1 Å². The van der Waals surface area contributed by atoms with Crippen LogP contribution in [0, 0.1) is 0 Å². The first-order chi connectivity index (χ1) is 17.7. The Morgan fingerprint density at radius 2 is 1.81 bits per heavy atom. The number of ether oxygens (including phenoxy) is 1. The number of carbonyl (C=O) groups is 2. The molecule has 0 radical (unpaired) electrons. The van der Waals surface area contributed by atoms with Gasteiger partial charge in [-0.1, -0.05) is 18.2 Å². The fourth-order valence-electron chi connectivity index (χ4n) is 3.79. The molecule has 1 fully saturated rings. The number of carbonyl (C=O) groups excluding carboxylic acids is 2. The van der Waals surface area contributed by atoms with Crippen LogP contribution >= 0.6 is 0 Å². The topological polar surface area (TPSA) is 74.8 Å². The van der Waals surface area contributed by atoms with Crippen molar-refractivity contribution in [3.8, 4) is 0 Å². The number of nitrogens with one attached hydrogen (secondary N) is 1. The van der Waals surface area contributed by atoms with Crippen molar-refractivity contribution < 1.29 is 27.5 Å². The molecule has 7 nitrogen and oxygen atoms in total. The Labute approximate surface area is 212 Å². The Hall–Kier alpha value is -4.18. The third kappa shape index (κ3) is 6.73. The van der Waals surface area contributed by atoms with Gasteiger partial charge in [0.2, 0.25) is 5.91 Å². The van der Waals surface area contributed by atoms with Crippen LogP contribution in [0.2, 0.25) is 0 Å². The summed E-state index contributed by atoms with van der Waals surface area (Å²) in [7, 11) is 1.41. The second kappa shape index (κ2) is 11.3. The number of hydrogen-bond donors (Lipinski definition) is 1. The standard InChI is InChI=1S/C27H25F3N4O3/c1-33(22-7-3-6-21(17-22)27(28,29)30)26(36)20-5-2-4-19(16-20)8-11-25(35)32-24-10-9-23(18-31-24)34-12-14-37-15-13-34/h2-11,16-18H,12-15H2,1H3,(H,31,32,35). The zero-order valence-electron chi connectivity index (χ0n) is 20.0. The number of nitrogens with zero attached hydrogens (tertiary/aromatic N) is 3. The van der Waals surface area contributed by atoms with Crippen LogP contribution in [0.25, 0.3) is 6.08 Å². The molecule has 1 aliphatic rings. The Bertz CT molecular complexity index is 1290. The van der Waals surface area contributed by atoms with Gasteiger partial charge in [0, 0.05) is 37.5 Å². The van der Waals surface area contributed by atoms with E-state index in [1.165, 1.54) is 25.3 Å². The molecule has 3 aromatic rings. The molecule has 2 amide bonds. The number of amides is 2. The average Bonchev–Trinajstić information content (AvgIpc) is 2.92. The summed E-state index contributed by atoms with van der Waals surface area (Å²) in [6.07, 6.45) is 0.0439. The van der Waals surface area contributed by atoms with E-state index in [2.05, 4.69) is 15.2 Å². The van der Waals surface area contributed by atoms with E-state index < -0.39 is 23.6 Å². The van der Waals surface area contributed by atoms with Gasteiger partial charge in [-0.3, -0.25) is 9.59 Å². The van der Waals surface area contributed by atoms with Crippen molar-refractivity contribution in [1.29, 1.82) is 0 Å². The highest BCUT2D eigenvalue weighted by Gasteiger charge is 2.31. The minimum Gasteiger partial charge on any atom is -0.378 e. The monoisotopic (exact) mass is 510 g/mol. The Morgan fingerprint density at radius 1 is 1.05 bits per heavy atom. The number of alkyl halides is 3. The van der Waals surface area contributed by atoms with Crippen LogP contribution in [-0.2, 0) is 15.7 Å². The molecule has 0 unspecified atom stereocenters. The number of anilines is 3. The number of pyridine rings is 1. The number of benzene rings is 2. The first kappa shape index (κ1) is 25.9. The van der Waals surface area contributed by atoms with Crippen LogP contribution in [0.3, 0.4) is 0 Å². The molecule has 2 aromatic carbocycles. The molecule has 4 rings (SSSR count). The molecule has 0 saturated carbocycles. The number of aromatic nitrogens is 1. The lowest BCUT2D eigenvalue weighted by molar-refractivity contribution is -0.137. The van der Waals surface area contributed by atoms with E-state index in [1.54, 1.807) is 42.6 Å². The lowest BCUT2D eigenvalue weighted by Gasteiger charge is -2.28. The highest BCUT2D eigenvalue weighted by Crippen LogP contribution is 2.31. The summed E-state index contributed by atoms with van der Waals surface area (Å²) >= 11 is 0. The molecular weight excluding hydrogens is 485 g/mol. The highest BCUT2D eigenvalue weighted by atomic mass is 19.4. The normalized spacial score (nSPS) is 14.0. The predicted octanol–water partition coefficient (Wildman–Crippen LogP) is 4.87. The lowest BCUT2D eigenvalue weighted by atomic mass is 10.1. The van der Waals surface area contributed by atoms with Gasteiger partial charge in [-0.25, -0.2) is 4.98 Å². The molecule has 0 aliphatic carbocycles. The van der Waals surface area contributed by atoms with E-state index in [0.717, 1.165) is 35.8 Å². The van der Waals surface area contributed by atoms with Gasteiger partial charge in [0.1, 0.15) is 5.82 Å². The fourth-order valence-corrected chi connectivity index (χ4v) is 3.79. The van der Waals surface area contributed by atoms with E-state index in [4.69, 9.17) is 4.74 Å². The first-order valence-corrected chi connectivity index (χ1v) is 11.5. The third-order valence-electron chi connectivity index (χ3n) is 5.80. The summed E-state index contributed by atoms with van der Waals surface area (Å²) in [5, 5.41) is 2.69. The molecule has 1 N–H and O–H groups in total. The number of morpholine rings is 1. The Morgan fingerprint density at radius 3 is 2.51 bits per heavy atom. The van der Waals surface area contributed by atoms with Crippen LogP contribution in [0.5, 0.6) is 0 Å². The quantitative estimate of drug-likeness (QED) is 0.479. The predicted molar refractivity (Wildman–Crippen MR) is 136 cm³/mol. The van der Waals surface area contributed by atoms with Crippen molar-refractivity contribution in [1.82, 2.24) is 4.98 Å². The summed E-state index contributed by atoms with van der Waals surface area (Å²) in [6, 6.07) is 14.6. The van der Waals surface area contributed by atoms with Gasteiger partial charge >= 0.3 is 6.18 Å². The van der Waals surface area contributed by atoms with Gasteiger partial charge in [-0.15, -0.1) is 0 Å². The van der Waals surface area contributed by atoms with E-state index in [1.807, 2.05) is 6.07 Å². The van der Waals surface area contributed by atoms with Crippen molar-refractivity contribution in [3.05, 3.63) is 89.6 Å². The zero-order chi connectivity index (χ0) is 26.4. The Balaban J connectivity index is 1.39. The average molecular weight is 511 g/mol. The lowest BCUT2D eigenvalue weighted by Crippen LogP contribution is -2.36. The maximum absolute atomic E-state index is 13.0. The number of rotatable bonds is 6. The Kier molecular flexibility index (Phi) is 7.88. The molecule has 37 heavy (non-hydrogen) atoms. The van der Waals surface area contributed by atoms with E-state index >= 15 is 0 Å². The van der Waals surface area contributed by atoms with Gasteiger partial charge in [-0.2, -0.15) is 13.2 Å². The SMILES string of the molecule is CN(C(=O)c1cccc(C=CC(=O)Nc2ccc(N3CCOCC3)cn2)c1)c1cccc(C(F)(F)F)c1. The minimum absolute atomic E-state index is 0.118. The van der Waals surface area contributed by atoms with Crippen LogP contribution in [0.1, 0.15) is 21.5 Å². The van der Waals surface area contributed by atoms with Gasteiger partial charge in [0.15, 0.2) is 0 Å². The maximum atomic E-state index is 13.0. The summed E-state index contributed by atoms with van der Waals surface area (Å²) in [5.41, 5.74) is 1.08. The summed E-state index contributed by atoms with van der Waals surface area (Å²) in [5.74, 6) is -0.480. The molecule has 10 heteroatoms. The van der Waals surface area contributed by atoms with Crippen molar-refractivity contribution in [3.63, 3.8) is 0 Å². The zero-order valence-corrected chi connectivity index (χ0v) is 20.0. The smallest absolute Gasteiger partial charge is 0.378 e. The minimum atomic E-state index is -4.51. The van der Waals surface area contributed by atoms with Gasteiger partial charge < -0.3 is 19.9 Å². The highest BCUT2D eigenvalue weighted by molar-refractivity contribution is 6.06. The summed E-state index contributed by atoms with van der Waals surface area (Å²) in [4.78, 5) is 32.9. The number of halogens is 3. The van der Waals surface area contributed by atoms with E-state index in [-0.39, 0.29) is 11.3 Å². The molecule has 1 aliphatic heterocycles. The maximum Gasteiger partial charge on any atom is 0.416 e. The van der Waals surface area contributed by atoms with E-state index in [0.29, 0.717) is 24.6 Å². The number of hydrogen-bond acceptors (Lipinski definition) is 5. The van der Waals surface area contributed by atoms with Crippen LogP contribution < -0.4 is 15.1 Å². The molecule has 192 valence electrons. The van der Waals surface area contributed by atoms with Crippen molar-refractivity contribution in [2.24, 2.45) is 0 Å². The summed E-state index contributed by atoms with van der Waals surface area (Å²) in [6.45, 7) is 2.90. The first-order valence-electron chi connectivity index (χ1n) is 11.5.